The summed E-state index contributed by atoms with van der Waals surface area (Å²) in [4.78, 5) is 7.01. The lowest BCUT2D eigenvalue weighted by Gasteiger charge is -2.43. The molecule has 0 saturated heterocycles. The van der Waals surface area contributed by atoms with Gasteiger partial charge in [0.05, 0.1) is 23.4 Å². The van der Waals surface area contributed by atoms with Crippen LogP contribution >= 0.6 is 11.6 Å². The van der Waals surface area contributed by atoms with Crippen LogP contribution in [0.1, 0.15) is 38.8 Å². The highest BCUT2D eigenvalue weighted by Crippen LogP contribution is 2.41. The number of allylic oxidation sites excluding steroid dienone is 1. The molecule has 1 aliphatic heterocycles. The summed E-state index contributed by atoms with van der Waals surface area (Å²) < 4.78 is 11.1. The van der Waals surface area contributed by atoms with Gasteiger partial charge in [0, 0.05) is 29.6 Å². The number of methoxy groups -OCH3 is 1. The molecule has 0 bridgehead atoms. The fourth-order valence-electron chi connectivity index (χ4n) is 4.32. The molecule has 170 valence electrons. The van der Waals surface area contributed by atoms with E-state index in [1.54, 1.807) is 7.11 Å². The van der Waals surface area contributed by atoms with Crippen LogP contribution in [0.4, 0.5) is 11.4 Å². The zero-order valence-corrected chi connectivity index (χ0v) is 20.5. The molecule has 33 heavy (non-hydrogen) atoms. The normalized spacial score (nSPS) is 14.7. The summed E-state index contributed by atoms with van der Waals surface area (Å²) in [6.07, 6.45) is 4.14. The van der Waals surface area contributed by atoms with E-state index in [0.29, 0.717) is 5.02 Å². The van der Waals surface area contributed by atoms with Crippen molar-refractivity contribution >= 4 is 34.8 Å². The Morgan fingerprint density at radius 1 is 0.970 bits per heavy atom. The van der Waals surface area contributed by atoms with E-state index >= 15 is 0 Å². The number of ether oxygens (including phenoxy) is 2. The molecule has 4 rings (SSSR count). The molecule has 1 aliphatic rings. The van der Waals surface area contributed by atoms with Gasteiger partial charge in [0.2, 0.25) is 0 Å². The van der Waals surface area contributed by atoms with Gasteiger partial charge in [-0.3, -0.25) is 4.99 Å². The molecule has 0 saturated carbocycles. The van der Waals surface area contributed by atoms with E-state index in [9.17, 15) is 0 Å². The second kappa shape index (κ2) is 9.32. The van der Waals surface area contributed by atoms with E-state index in [1.807, 2.05) is 54.7 Å². The predicted molar refractivity (Wildman–Crippen MR) is 139 cm³/mol. The summed E-state index contributed by atoms with van der Waals surface area (Å²) in [5, 5.41) is 0.695. The molecule has 0 aliphatic carbocycles. The second-order valence-electron chi connectivity index (χ2n) is 8.65. The van der Waals surface area contributed by atoms with Crippen LogP contribution in [0.15, 0.2) is 71.7 Å². The first kappa shape index (κ1) is 22.9. The van der Waals surface area contributed by atoms with Crippen molar-refractivity contribution in [1.82, 2.24) is 0 Å². The number of rotatable bonds is 6. The molecule has 3 aromatic carbocycles. The molecular formula is C28H29ClN2O2. The maximum atomic E-state index is 6.66. The molecule has 4 nitrogen and oxygen atoms in total. The SMILES string of the molecule is CCN1c2cc(Cl)c(C=Nc3ccc(Oc4ccc(OC)cc4)cc3)cc2C(C)=CC1(C)C. The predicted octanol–water partition coefficient (Wildman–Crippen LogP) is 7.91. The van der Waals surface area contributed by atoms with Gasteiger partial charge in [-0.15, -0.1) is 0 Å². The third kappa shape index (κ3) is 4.91. The van der Waals surface area contributed by atoms with Gasteiger partial charge in [-0.1, -0.05) is 17.7 Å². The monoisotopic (exact) mass is 460 g/mol. The Morgan fingerprint density at radius 3 is 2.18 bits per heavy atom. The lowest BCUT2D eigenvalue weighted by Crippen LogP contribution is -2.44. The van der Waals surface area contributed by atoms with Crippen LogP contribution in [0.3, 0.4) is 0 Å². The van der Waals surface area contributed by atoms with E-state index in [-0.39, 0.29) is 5.54 Å². The number of likely N-dealkylation sites (N-methyl/N-ethyl adjacent to an activating group) is 1. The van der Waals surface area contributed by atoms with Crippen molar-refractivity contribution in [2.24, 2.45) is 4.99 Å². The molecule has 0 spiro atoms. The fourth-order valence-corrected chi connectivity index (χ4v) is 4.52. The molecule has 5 heteroatoms. The Labute approximate surface area is 201 Å². The number of nitrogens with zero attached hydrogens (tertiary/aromatic N) is 2. The van der Waals surface area contributed by atoms with Crippen molar-refractivity contribution in [1.29, 1.82) is 0 Å². The number of anilines is 1. The van der Waals surface area contributed by atoms with Crippen LogP contribution in [0, 0.1) is 0 Å². The minimum Gasteiger partial charge on any atom is -0.497 e. The molecular weight excluding hydrogens is 432 g/mol. The van der Waals surface area contributed by atoms with E-state index in [0.717, 1.165) is 35.0 Å². The lowest BCUT2D eigenvalue weighted by molar-refractivity contribution is 0.413. The molecule has 3 aromatic rings. The zero-order valence-electron chi connectivity index (χ0n) is 19.7. The Balaban J connectivity index is 1.53. The lowest BCUT2D eigenvalue weighted by atomic mass is 9.88. The Bertz CT molecular complexity index is 1200. The Kier molecular flexibility index (Phi) is 6.48. The average molecular weight is 461 g/mol. The van der Waals surface area contributed by atoms with Crippen molar-refractivity contribution in [3.63, 3.8) is 0 Å². The smallest absolute Gasteiger partial charge is 0.127 e. The minimum absolute atomic E-state index is 0.0413. The van der Waals surface area contributed by atoms with Crippen LogP contribution in [-0.2, 0) is 0 Å². The zero-order chi connectivity index (χ0) is 23.6. The average Bonchev–Trinajstić information content (AvgIpc) is 2.79. The standard InChI is InChI=1S/C28H29ClN2O2/c1-6-31-27-16-26(29)20(15-25(27)19(2)17-28(31,3)4)18-30-21-7-9-23(10-8-21)33-24-13-11-22(32-5)12-14-24/h7-18H,6H2,1-5H3. The maximum absolute atomic E-state index is 6.66. The molecule has 0 atom stereocenters. The first-order chi connectivity index (χ1) is 15.8. The first-order valence-corrected chi connectivity index (χ1v) is 11.5. The van der Waals surface area contributed by atoms with Crippen molar-refractivity contribution in [3.8, 4) is 17.2 Å². The molecule has 1 heterocycles. The van der Waals surface area contributed by atoms with Gasteiger partial charge in [-0.25, -0.2) is 0 Å². The highest BCUT2D eigenvalue weighted by atomic mass is 35.5. The van der Waals surface area contributed by atoms with Gasteiger partial charge in [0.1, 0.15) is 17.2 Å². The second-order valence-corrected chi connectivity index (χ2v) is 9.05. The fraction of sp³-hybridized carbons (Fsp3) is 0.250. The van der Waals surface area contributed by atoms with Gasteiger partial charge < -0.3 is 14.4 Å². The van der Waals surface area contributed by atoms with Crippen LogP contribution in [0.2, 0.25) is 5.02 Å². The van der Waals surface area contributed by atoms with Crippen LogP contribution in [0.5, 0.6) is 17.2 Å². The van der Waals surface area contributed by atoms with Gasteiger partial charge >= 0.3 is 0 Å². The summed E-state index contributed by atoms with van der Waals surface area (Å²) in [5.41, 5.74) is 5.31. The maximum Gasteiger partial charge on any atom is 0.127 e. The Hall–Kier alpha value is -3.24. The number of fused-ring (bicyclic) bond motifs is 1. The van der Waals surface area contributed by atoms with E-state index < -0.39 is 0 Å². The third-order valence-corrected chi connectivity index (χ3v) is 6.22. The molecule has 0 N–H and O–H groups in total. The van der Waals surface area contributed by atoms with Crippen LogP contribution in [0.25, 0.3) is 5.57 Å². The largest absolute Gasteiger partial charge is 0.497 e. The summed E-state index contributed by atoms with van der Waals surface area (Å²) >= 11 is 6.66. The quantitative estimate of drug-likeness (QED) is 0.350. The van der Waals surface area contributed by atoms with Crippen molar-refractivity contribution in [2.75, 3.05) is 18.6 Å². The topological polar surface area (TPSA) is 34.1 Å². The molecule has 0 unspecified atom stereocenters. The van der Waals surface area contributed by atoms with Gasteiger partial charge in [-0.2, -0.15) is 0 Å². The van der Waals surface area contributed by atoms with Crippen molar-refractivity contribution in [2.45, 2.75) is 33.2 Å². The van der Waals surface area contributed by atoms with Gasteiger partial charge in [-0.05, 0) is 93.9 Å². The molecule has 0 amide bonds. The van der Waals surface area contributed by atoms with Crippen LogP contribution < -0.4 is 14.4 Å². The van der Waals surface area contributed by atoms with Crippen molar-refractivity contribution in [3.05, 3.63) is 82.9 Å². The minimum atomic E-state index is -0.0413. The summed E-state index contributed by atoms with van der Waals surface area (Å²) in [5.74, 6) is 2.29. The highest BCUT2D eigenvalue weighted by Gasteiger charge is 2.30. The number of halogens is 1. The third-order valence-electron chi connectivity index (χ3n) is 5.90. The first-order valence-electron chi connectivity index (χ1n) is 11.1. The molecule has 0 fully saturated rings. The molecule has 0 aromatic heterocycles. The summed E-state index contributed by atoms with van der Waals surface area (Å²) in [6, 6.07) is 19.3. The van der Waals surface area contributed by atoms with Gasteiger partial charge in [0.15, 0.2) is 0 Å². The molecule has 0 radical (unpaired) electrons. The number of aliphatic imine (C=N–C) groups is 1. The number of hydrogen-bond acceptors (Lipinski definition) is 4. The Morgan fingerprint density at radius 2 is 1.58 bits per heavy atom. The number of benzene rings is 3. The number of hydrogen-bond donors (Lipinski definition) is 0. The van der Waals surface area contributed by atoms with E-state index in [4.69, 9.17) is 21.1 Å². The summed E-state index contributed by atoms with van der Waals surface area (Å²) in [7, 11) is 1.64. The van der Waals surface area contributed by atoms with E-state index in [2.05, 4.69) is 55.8 Å². The highest BCUT2D eigenvalue weighted by molar-refractivity contribution is 6.33. The van der Waals surface area contributed by atoms with Gasteiger partial charge in [0.25, 0.3) is 0 Å². The van der Waals surface area contributed by atoms with Crippen molar-refractivity contribution < 1.29 is 9.47 Å². The van der Waals surface area contributed by atoms with E-state index in [1.165, 1.54) is 16.8 Å². The van der Waals surface area contributed by atoms with Crippen LogP contribution in [-0.4, -0.2) is 25.4 Å². The summed E-state index contributed by atoms with van der Waals surface area (Å²) in [6.45, 7) is 9.70.